The van der Waals surface area contributed by atoms with E-state index in [-0.39, 0.29) is 0 Å². The Morgan fingerprint density at radius 2 is 1.05 bits per heavy atom. The summed E-state index contributed by atoms with van der Waals surface area (Å²) in [6.07, 6.45) is 1.71. The number of nitrogens with zero attached hydrogens (tertiary/aromatic N) is 3. The number of para-hydroxylation sites is 2. The van der Waals surface area contributed by atoms with E-state index in [1.807, 2.05) is 12.1 Å². The highest BCUT2D eigenvalue weighted by Gasteiger charge is 2.26. The molecule has 0 aliphatic rings. The van der Waals surface area contributed by atoms with E-state index < -0.39 is 0 Å². The molecule has 5 aromatic heterocycles. The van der Waals surface area contributed by atoms with Crippen molar-refractivity contribution in [3.05, 3.63) is 176 Å². The third-order valence-electron chi connectivity index (χ3n) is 11.7. The van der Waals surface area contributed by atoms with Crippen LogP contribution in [0.3, 0.4) is 0 Å². The standard InChI is InChI=1S/C52H29N3O2S/c1-3-13-30(14-4-1)39-27-32(46-52-47(54-29-53-46)38-19-9-12-22-44(38)58-52)28-40(31-15-5-2-6-16-31)48(39)55-41-20-10-7-18-37(41)45-42(55)26-25-35-36-24-23-34-33-17-8-11-21-43(33)56-50(34)51(36)57-49(35)45/h1-29H. The Labute approximate surface area is 334 Å². The molecule has 6 heteroatoms. The second-order valence-corrected chi connectivity index (χ2v) is 15.9. The topological polar surface area (TPSA) is 57.0 Å². The normalized spacial score (nSPS) is 12.1. The van der Waals surface area contributed by atoms with Gasteiger partial charge in [0, 0.05) is 53.7 Å². The lowest BCUT2D eigenvalue weighted by Crippen LogP contribution is -2.02. The van der Waals surface area contributed by atoms with Gasteiger partial charge in [0.05, 0.1) is 38.0 Å². The van der Waals surface area contributed by atoms with Crippen LogP contribution in [-0.4, -0.2) is 14.5 Å². The first-order chi connectivity index (χ1) is 28.8. The summed E-state index contributed by atoms with van der Waals surface area (Å²) >= 11 is 1.75. The quantitative estimate of drug-likeness (QED) is 0.179. The molecule has 0 atom stereocenters. The fraction of sp³-hybridized carbons (Fsp3) is 0. The van der Waals surface area contributed by atoms with Crippen LogP contribution in [0.1, 0.15) is 0 Å². The van der Waals surface area contributed by atoms with Crippen LogP contribution in [0.5, 0.6) is 0 Å². The van der Waals surface area contributed by atoms with Crippen molar-refractivity contribution >= 4 is 97.3 Å². The monoisotopic (exact) mass is 759 g/mol. The number of rotatable bonds is 4. The van der Waals surface area contributed by atoms with Gasteiger partial charge in [0.25, 0.3) is 0 Å². The molecule has 0 aliphatic heterocycles. The summed E-state index contributed by atoms with van der Waals surface area (Å²) in [6.45, 7) is 0. The fourth-order valence-electron chi connectivity index (χ4n) is 9.18. The van der Waals surface area contributed by atoms with Gasteiger partial charge in [-0.25, -0.2) is 9.97 Å². The summed E-state index contributed by atoms with van der Waals surface area (Å²) in [5.41, 5.74) is 13.9. The van der Waals surface area contributed by atoms with Crippen molar-refractivity contribution in [1.29, 1.82) is 0 Å². The van der Waals surface area contributed by atoms with Crippen LogP contribution in [0.15, 0.2) is 185 Å². The van der Waals surface area contributed by atoms with Gasteiger partial charge in [-0.15, -0.1) is 11.3 Å². The predicted octanol–water partition coefficient (Wildman–Crippen LogP) is 14.7. The summed E-state index contributed by atoms with van der Waals surface area (Å²) < 4.78 is 18.2. The average Bonchev–Trinajstić information content (AvgIpc) is 4.05. The van der Waals surface area contributed by atoms with Crippen molar-refractivity contribution in [1.82, 2.24) is 14.5 Å². The van der Waals surface area contributed by atoms with Gasteiger partial charge in [0.1, 0.15) is 17.5 Å². The van der Waals surface area contributed by atoms with Crippen molar-refractivity contribution in [3.8, 4) is 39.2 Å². The highest BCUT2D eigenvalue weighted by molar-refractivity contribution is 7.26. The molecule has 13 aromatic rings. The van der Waals surface area contributed by atoms with E-state index in [0.29, 0.717) is 0 Å². The van der Waals surface area contributed by atoms with Gasteiger partial charge in [-0.2, -0.15) is 0 Å². The van der Waals surface area contributed by atoms with E-state index >= 15 is 0 Å². The first kappa shape index (κ1) is 31.6. The number of hydrogen-bond donors (Lipinski definition) is 0. The SMILES string of the molecule is c1ccc(-c2cc(-c3ncnc4c3sc3ccccc34)cc(-c3ccccc3)c2-n2c3ccccc3c3c4oc5c(ccc6c7ccccc7oc65)c4ccc32)cc1. The largest absolute Gasteiger partial charge is 0.452 e. The Morgan fingerprint density at radius 3 is 1.83 bits per heavy atom. The van der Waals surface area contributed by atoms with Crippen molar-refractivity contribution in [3.63, 3.8) is 0 Å². The Morgan fingerprint density at radius 1 is 0.448 bits per heavy atom. The van der Waals surface area contributed by atoms with Crippen molar-refractivity contribution < 1.29 is 8.83 Å². The molecular formula is C52H29N3O2S. The molecule has 5 heterocycles. The smallest absolute Gasteiger partial charge is 0.178 e. The third-order valence-corrected chi connectivity index (χ3v) is 12.9. The zero-order valence-electron chi connectivity index (χ0n) is 30.8. The minimum atomic E-state index is 0.768. The summed E-state index contributed by atoms with van der Waals surface area (Å²) in [6, 6.07) is 60.3. The zero-order chi connectivity index (χ0) is 37.9. The molecule has 0 saturated carbocycles. The summed E-state index contributed by atoms with van der Waals surface area (Å²) in [7, 11) is 0. The number of furan rings is 2. The highest BCUT2D eigenvalue weighted by Crippen LogP contribution is 2.48. The molecule has 0 aliphatic carbocycles. The minimum Gasteiger partial charge on any atom is -0.452 e. The number of thiophene rings is 1. The number of hydrogen-bond acceptors (Lipinski definition) is 5. The molecule has 0 N–H and O–H groups in total. The van der Waals surface area contributed by atoms with Gasteiger partial charge in [-0.05, 0) is 65.7 Å². The average molecular weight is 760 g/mol. The van der Waals surface area contributed by atoms with E-state index in [2.05, 4.69) is 162 Å². The number of aromatic nitrogens is 3. The lowest BCUT2D eigenvalue weighted by Gasteiger charge is -2.21. The molecule has 270 valence electrons. The molecule has 5 nitrogen and oxygen atoms in total. The van der Waals surface area contributed by atoms with Crippen LogP contribution >= 0.6 is 11.3 Å². The molecule has 0 unspecified atom stereocenters. The van der Waals surface area contributed by atoms with Gasteiger partial charge in [-0.3, -0.25) is 0 Å². The van der Waals surface area contributed by atoms with Crippen LogP contribution in [-0.2, 0) is 0 Å². The van der Waals surface area contributed by atoms with Crippen LogP contribution in [0, 0.1) is 0 Å². The first-order valence-corrected chi connectivity index (χ1v) is 20.2. The maximum absolute atomic E-state index is 7.02. The van der Waals surface area contributed by atoms with E-state index in [1.165, 1.54) is 4.70 Å². The molecule has 0 bridgehead atoms. The van der Waals surface area contributed by atoms with Crippen molar-refractivity contribution in [2.75, 3.05) is 0 Å². The number of benzene rings is 8. The summed E-state index contributed by atoms with van der Waals surface area (Å²) in [5, 5.41) is 7.58. The van der Waals surface area contributed by atoms with E-state index in [1.54, 1.807) is 17.7 Å². The minimum absolute atomic E-state index is 0.768. The molecule has 8 aromatic carbocycles. The Bertz CT molecular complexity index is 3740. The van der Waals surface area contributed by atoms with Crippen LogP contribution < -0.4 is 0 Å². The van der Waals surface area contributed by atoms with Crippen molar-refractivity contribution in [2.45, 2.75) is 0 Å². The van der Waals surface area contributed by atoms with Gasteiger partial charge < -0.3 is 13.4 Å². The fourth-order valence-corrected chi connectivity index (χ4v) is 10.4. The molecule has 0 amide bonds. The summed E-state index contributed by atoms with van der Waals surface area (Å²) in [5.74, 6) is 0. The van der Waals surface area contributed by atoms with Gasteiger partial charge in [0.15, 0.2) is 11.2 Å². The third kappa shape index (κ3) is 4.40. The van der Waals surface area contributed by atoms with Gasteiger partial charge in [0.2, 0.25) is 0 Å². The molecule has 58 heavy (non-hydrogen) atoms. The van der Waals surface area contributed by atoms with Crippen molar-refractivity contribution in [2.24, 2.45) is 0 Å². The Hall–Kier alpha value is -7.54. The van der Waals surface area contributed by atoms with Crippen LogP contribution in [0.4, 0.5) is 0 Å². The Balaban J connectivity index is 1.16. The maximum atomic E-state index is 7.02. The van der Waals surface area contributed by atoms with Crippen LogP contribution in [0.25, 0.3) is 125 Å². The molecule has 0 fully saturated rings. The lowest BCUT2D eigenvalue weighted by molar-refractivity contribution is 0.635. The van der Waals surface area contributed by atoms with E-state index in [4.69, 9.17) is 18.8 Å². The molecular weight excluding hydrogens is 731 g/mol. The summed E-state index contributed by atoms with van der Waals surface area (Å²) in [4.78, 5) is 9.79. The molecule has 0 saturated heterocycles. The van der Waals surface area contributed by atoms with E-state index in [0.717, 1.165) is 120 Å². The maximum Gasteiger partial charge on any atom is 0.178 e. The van der Waals surface area contributed by atoms with Crippen LogP contribution in [0.2, 0.25) is 0 Å². The molecule has 0 spiro atoms. The van der Waals surface area contributed by atoms with Gasteiger partial charge >= 0.3 is 0 Å². The van der Waals surface area contributed by atoms with E-state index in [9.17, 15) is 0 Å². The molecule has 13 rings (SSSR count). The lowest BCUT2D eigenvalue weighted by atomic mass is 9.91. The molecule has 0 radical (unpaired) electrons. The predicted molar refractivity (Wildman–Crippen MR) is 240 cm³/mol. The van der Waals surface area contributed by atoms with Gasteiger partial charge in [-0.1, -0.05) is 115 Å². The zero-order valence-corrected chi connectivity index (χ0v) is 31.6. The Kier molecular flexibility index (Phi) is 6.54. The highest BCUT2D eigenvalue weighted by atomic mass is 32.1. The second kappa shape index (κ2) is 12.0. The second-order valence-electron chi connectivity index (χ2n) is 14.9. The number of fused-ring (bicyclic) bond motifs is 14. The first-order valence-electron chi connectivity index (χ1n) is 19.4.